The third kappa shape index (κ3) is 25.3. The van der Waals surface area contributed by atoms with Gasteiger partial charge in [-0.3, -0.25) is 9.59 Å². The molecule has 604 valence electrons. The number of aliphatic hydroxyl groups excluding tert-OH is 1. The first-order chi connectivity index (χ1) is 48.8. The van der Waals surface area contributed by atoms with Gasteiger partial charge in [0.1, 0.15) is 65.0 Å². The van der Waals surface area contributed by atoms with Gasteiger partial charge in [0.15, 0.2) is 30.7 Å². The molecule has 6 aliphatic rings. The van der Waals surface area contributed by atoms with Crippen LogP contribution in [0.4, 0.5) is 0 Å². The van der Waals surface area contributed by atoms with Gasteiger partial charge >= 0.3 is 0 Å². The van der Waals surface area contributed by atoms with E-state index in [0.717, 1.165) is 92.4 Å². The van der Waals surface area contributed by atoms with Gasteiger partial charge < -0.3 is 56.3 Å². The van der Waals surface area contributed by atoms with Crippen molar-refractivity contribution in [2.75, 3.05) is 26.1 Å². The van der Waals surface area contributed by atoms with Crippen molar-refractivity contribution < 1.29 is 65.9 Å². The lowest BCUT2D eigenvalue weighted by Gasteiger charge is -2.40. The first-order valence-corrected chi connectivity index (χ1v) is 50.3. The van der Waals surface area contributed by atoms with Crippen molar-refractivity contribution in [3.8, 4) is 40.9 Å². The van der Waals surface area contributed by atoms with Gasteiger partial charge in [-0.1, -0.05) is 159 Å². The van der Waals surface area contributed by atoms with Crippen LogP contribution in [0.25, 0.3) is 0 Å². The fourth-order valence-corrected chi connectivity index (χ4v) is 19.9. The van der Waals surface area contributed by atoms with Crippen LogP contribution in [0.1, 0.15) is 255 Å². The second kappa shape index (κ2) is 40.9. The zero-order valence-electron chi connectivity index (χ0n) is 68.5. The predicted octanol–water partition coefficient (Wildman–Crippen LogP) is 21.1. The Kier molecular flexibility index (Phi) is 36.7. The highest BCUT2D eigenvalue weighted by atomic mass is 31.2. The molecule has 0 bridgehead atoms. The Labute approximate surface area is 657 Å². The molecule has 0 radical (unpaired) electrons. The topological polar surface area (TPSA) is 195 Å². The predicted molar refractivity (Wildman–Crippen MR) is 453 cm³/mol. The Bertz CT molecular complexity index is 3730. The molecule has 3 aliphatic heterocycles. The Morgan fingerprint density at radius 2 is 0.880 bits per heavy atom. The van der Waals surface area contributed by atoms with Gasteiger partial charge in [0.25, 0.3) is 0 Å². The normalized spacial score (nSPS) is 23.3. The Hall–Kier alpha value is -5.34. The van der Waals surface area contributed by atoms with Crippen LogP contribution in [-0.2, 0) is 65.9 Å². The minimum atomic E-state index is -2.21. The van der Waals surface area contributed by atoms with E-state index >= 15 is 0 Å². The Balaban J connectivity index is 0.000000386. The summed E-state index contributed by atoms with van der Waals surface area (Å²) >= 11 is 0. The first kappa shape index (κ1) is 96.9. The number of fused-ring (bicyclic) bond motifs is 9. The summed E-state index contributed by atoms with van der Waals surface area (Å²) in [5, 5.41) is 10.6. The molecule has 0 spiro atoms. The molecule has 14 atom stereocenters. The largest absolute Gasteiger partial charge is 0.489 e. The van der Waals surface area contributed by atoms with Gasteiger partial charge in [0.2, 0.25) is 0 Å². The fourth-order valence-electron chi connectivity index (χ4n) is 14.7. The maximum atomic E-state index is 12.9. The highest BCUT2D eigenvalue weighted by Crippen LogP contribution is 2.57. The van der Waals surface area contributed by atoms with E-state index in [4.69, 9.17) is 27.5 Å². The zero-order valence-corrected chi connectivity index (χ0v) is 72.4. The van der Waals surface area contributed by atoms with E-state index in [1.807, 2.05) is 13.8 Å². The number of aryl methyl sites for hydroxylation is 3. The van der Waals surface area contributed by atoms with E-state index in [0.29, 0.717) is 32.1 Å². The number of aldehydes is 1. The molecule has 3 aliphatic carbocycles. The lowest BCUT2D eigenvalue weighted by molar-refractivity contribution is -0.120. The molecule has 0 amide bonds. The lowest BCUT2D eigenvalue weighted by atomic mass is 9.86. The Morgan fingerprint density at radius 3 is 1.22 bits per heavy atom. The third-order valence-corrected chi connectivity index (χ3v) is 38.3. The van der Waals surface area contributed by atoms with Crippen molar-refractivity contribution >= 4 is 67.3 Å². The summed E-state index contributed by atoms with van der Waals surface area (Å²) in [7, 11) is -8.07. The first-order valence-electron chi connectivity index (χ1n) is 38.8. The quantitative estimate of drug-likeness (QED) is 0.0237. The van der Waals surface area contributed by atoms with E-state index in [-0.39, 0.29) is 163 Å². The third-order valence-electron chi connectivity index (χ3n) is 23.8. The number of ketones is 5. The number of allylic oxidation sites excluding steroid dienone is 1. The second-order valence-corrected chi connectivity index (χ2v) is 53.6. The van der Waals surface area contributed by atoms with Crippen molar-refractivity contribution in [3.05, 3.63) is 100 Å². The maximum Gasteiger partial charge on any atom is 0.192 e. The average molecular weight is 1560 g/mol. The minimum absolute atomic E-state index is 0. The van der Waals surface area contributed by atoms with Gasteiger partial charge in [-0.25, -0.2) is 0 Å². The van der Waals surface area contributed by atoms with Gasteiger partial charge in [-0.2, -0.15) is 0 Å². The smallest absolute Gasteiger partial charge is 0.192 e. The molecule has 14 nitrogen and oxygen atoms in total. The number of carbonyl (C=O) groups is 6. The summed E-state index contributed by atoms with van der Waals surface area (Å²) in [4.78, 5) is 70.3. The van der Waals surface area contributed by atoms with Crippen molar-refractivity contribution in [1.29, 1.82) is 0 Å². The molecule has 18 heteroatoms. The number of para-hydroxylation sites is 3. The summed E-state index contributed by atoms with van der Waals surface area (Å²) in [6.07, 6.45) is 15.7. The van der Waals surface area contributed by atoms with Crippen LogP contribution >= 0.6 is 7.14 Å². The molecule has 9 rings (SSSR count). The van der Waals surface area contributed by atoms with Crippen molar-refractivity contribution in [2.45, 2.75) is 332 Å². The summed E-state index contributed by atoms with van der Waals surface area (Å²) in [6.45, 7) is 49.5. The summed E-state index contributed by atoms with van der Waals surface area (Å²) in [5.74, 6) is 15.5. The molecular formula is C90H143O14PSi3. The number of hydrogen-bond donors (Lipinski definition) is 1. The standard InChI is InChI=1S/C31H44O4Si.C23H36O4Si.C23H34O4Si.C10H17O2P.3CH4/c1-9-10-13-21(2)26(33)19-18-24-27(35-36(7,8)31(4,5)6)20-28-29(24)25-17-12-16-23(30(25)34-28)15-11-14-22(3)32;2*1-15(25)9-7-10-16-11-8-12-17-21-18(14-24)19(13-20(21)26-22(16)17)27-28(5,6)23(2,3)4;1-5-6-7-9(2)10(11)8-13(3,4)12;;;/h12,16-19,21,24,27-29H,11,13-15,20H2,1-8H3;8,11-12,18-21,24H,7,9-10,13-14H2,1-6H3;8,11-12,14,18-21H,7,9-10,13H2,1-6H3;9H,7-8H2,1-4H3;3*1H4/b19-18+;;;;;;/t21-,24-,27+,28-,29-;2*18-,19+,20-,21+;9-;;;/m0000.../s1. The highest BCUT2D eigenvalue weighted by molar-refractivity contribution is 7.63. The van der Waals surface area contributed by atoms with E-state index < -0.39 is 32.1 Å². The number of ether oxygens (including phenoxy) is 3. The fraction of sp³-hybridized carbons (Fsp3) is 0.667. The number of benzene rings is 3. The molecule has 3 fully saturated rings. The van der Waals surface area contributed by atoms with Gasteiger partial charge in [0.05, 0.1) is 37.5 Å². The number of rotatable bonds is 28. The van der Waals surface area contributed by atoms with E-state index in [1.54, 1.807) is 54.0 Å². The Morgan fingerprint density at radius 1 is 0.546 bits per heavy atom. The van der Waals surface area contributed by atoms with Crippen LogP contribution in [0.5, 0.6) is 17.2 Å². The summed E-state index contributed by atoms with van der Waals surface area (Å²) in [5.41, 5.74) is 7.09. The number of aliphatic hydroxyl groups is 1. The second-order valence-electron chi connectivity index (χ2n) is 35.8. The highest BCUT2D eigenvalue weighted by Gasteiger charge is 2.56. The van der Waals surface area contributed by atoms with E-state index in [9.17, 15) is 38.4 Å². The molecule has 3 aromatic carbocycles. The molecule has 0 saturated heterocycles. The molecule has 0 unspecified atom stereocenters. The van der Waals surface area contributed by atoms with Crippen LogP contribution in [0.2, 0.25) is 54.4 Å². The van der Waals surface area contributed by atoms with Gasteiger partial charge in [-0.15, -0.1) is 23.7 Å². The number of carbonyl (C=O) groups excluding carboxylic acids is 6. The van der Waals surface area contributed by atoms with Crippen LogP contribution in [0.15, 0.2) is 66.7 Å². The van der Waals surface area contributed by atoms with Gasteiger partial charge in [0, 0.05) is 116 Å². The molecule has 0 aromatic heterocycles. The molecule has 3 aromatic rings. The molecule has 3 heterocycles. The molecule has 3 saturated carbocycles. The van der Waals surface area contributed by atoms with E-state index in [1.165, 1.54) is 22.3 Å². The molecule has 108 heavy (non-hydrogen) atoms. The lowest BCUT2D eigenvalue weighted by Crippen LogP contribution is -2.45. The summed E-state index contributed by atoms with van der Waals surface area (Å²) in [6, 6.07) is 19.0. The van der Waals surface area contributed by atoms with Crippen LogP contribution in [0.3, 0.4) is 0 Å². The van der Waals surface area contributed by atoms with Crippen LogP contribution in [-0.4, -0.2) is 128 Å². The van der Waals surface area contributed by atoms with Crippen LogP contribution < -0.4 is 14.2 Å². The molecular weight excluding hydrogens is 1420 g/mol. The average Bonchev–Trinajstić information content (AvgIpc) is 1.60. The van der Waals surface area contributed by atoms with Crippen molar-refractivity contribution in [2.24, 2.45) is 29.6 Å². The number of hydrogen-bond acceptors (Lipinski definition) is 14. The van der Waals surface area contributed by atoms with E-state index in [2.05, 4.69) is 186 Å². The van der Waals surface area contributed by atoms with Gasteiger partial charge in [-0.05, 0) is 164 Å². The maximum absolute atomic E-state index is 12.9. The summed E-state index contributed by atoms with van der Waals surface area (Å²) < 4.78 is 51.0. The minimum Gasteiger partial charge on any atom is -0.489 e. The van der Waals surface area contributed by atoms with Crippen molar-refractivity contribution in [1.82, 2.24) is 0 Å². The molecule has 1 N–H and O–H groups in total. The number of Topliss-reactive ketones (excluding diaryl/α,β-unsaturated/α-hetero) is 4. The van der Waals surface area contributed by atoms with Crippen LogP contribution in [0, 0.1) is 53.3 Å². The SMILES string of the molecule is C.C.C.CC#CC[C@H](C)C(=O)/C=C/[C@@H]1[C@H]2c3cccc(CCCC(C)=O)c3O[C@H]2C[C@H]1O[Si](C)(C)C(C)(C)C.CC#CC[C@H](C)C(=O)CP(C)(C)=O.CC(=O)CCCc1cccc2c1O[C@H]1C[C@@H](O[Si](C)(C)C(C)(C)C)[C@H](C=O)[C@@H]21.CC(=O)CCCc1cccc2c1O[C@H]1C[C@@H](O[Si](C)(C)C(C)(C)C)[C@H](CO)[C@@H]21. The zero-order chi connectivity index (χ0) is 78.5. The van der Waals surface area contributed by atoms with Crippen molar-refractivity contribution in [3.63, 3.8) is 0 Å². The monoisotopic (exact) mass is 1560 g/mol.